The van der Waals surface area contributed by atoms with Gasteiger partial charge in [-0.05, 0) is 32.1 Å². The molecule has 0 bridgehead atoms. The summed E-state index contributed by atoms with van der Waals surface area (Å²) in [4.78, 5) is 29.9. The molecule has 3 N–H and O–H groups in total. The average molecular weight is 308 g/mol. The van der Waals surface area contributed by atoms with Gasteiger partial charge in [-0.2, -0.15) is 0 Å². The molecule has 6 heteroatoms. The number of hydrogen-bond acceptors (Lipinski definition) is 4. The van der Waals surface area contributed by atoms with Crippen LogP contribution in [0.3, 0.4) is 0 Å². The highest BCUT2D eigenvalue weighted by Gasteiger charge is 2.32. The number of nitrogens with one attached hydrogen (secondary N) is 1. The van der Waals surface area contributed by atoms with E-state index in [4.69, 9.17) is 10.7 Å². The van der Waals surface area contributed by atoms with Crippen molar-refractivity contribution in [1.29, 1.82) is 0 Å². The van der Waals surface area contributed by atoms with Crippen molar-refractivity contribution < 1.29 is 9.59 Å². The Bertz CT molecular complexity index is 439. The third kappa shape index (κ3) is 4.21. The Labute approximate surface area is 132 Å². The van der Waals surface area contributed by atoms with Crippen molar-refractivity contribution in [3.8, 4) is 0 Å². The molecule has 0 saturated heterocycles. The second-order valence-electron chi connectivity index (χ2n) is 6.63. The van der Waals surface area contributed by atoms with Gasteiger partial charge in [0.15, 0.2) is 0 Å². The maximum Gasteiger partial charge on any atom is 0.236 e. The van der Waals surface area contributed by atoms with E-state index in [0.29, 0.717) is 12.0 Å². The fourth-order valence-electron chi connectivity index (χ4n) is 3.49. The van der Waals surface area contributed by atoms with Gasteiger partial charge in [-0.1, -0.05) is 13.8 Å². The Morgan fingerprint density at radius 1 is 1.32 bits per heavy atom. The molecule has 0 aromatic heterocycles. The van der Waals surface area contributed by atoms with Gasteiger partial charge in [0.2, 0.25) is 11.8 Å². The molecule has 1 aliphatic heterocycles. The molecule has 1 fully saturated rings. The maximum atomic E-state index is 12.0. The van der Waals surface area contributed by atoms with Crippen LogP contribution in [-0.2, 0) is 9.59 Å². The molecule has 1 aliphatic carbocycles. The lowest BCUT2D eigenvalue weighted by Crippen LogP contribution is -2.48. The van der Waals surface area contributed by atoms with Crippen LogP contribution < -0.4 is 11.1 Å². The minimum Gasteiger partial charge on any atom is -0.368 e. The normalized spacial score (nSPS) is 25.8. The number of nitrogens with zero attached hydrogens (tertiary/aromatic N) is 2. The molecule has 0 aromatic carbocycles. The average Bonchev–Trinajstić information content (AvgIpc) is 2.52. The van der Waals surface area contributed by atoms with Crippen LogP contribution in [0.2, 0.25) is 0 Å². The van der Waals surface area contributed by atoms with Crippen molar-refractivity contribution in [2.24, 2.45) is 22.6 Å². The van der Waals surface area contributed by atoms with Gasteiger partial charge in [-0.25, -0.2) is 0 Å². The van der Waals surface area contributed by atoms with Gasteiger partial charge < -0.3 is 16.0 Å². The molecule has 0 aromatic rings. The summed E-state index contributed by atoms with van der Waals surface area (Å²) in [5.41, 5.74) is 5.06. The van der Waals surface area contributed by atoms with Crippen LogP contribution in [0.5, 0.6) is 0 Å². The van der Waals surface area contributed by atoms with Gasteiger partial charge >= 0.3 is 0 Å². The van der Waals surface area contributed by atoms with Gasteiger partial charge in [0, 0.05) is 31.0 Å². The molecule has 0 atom stereocenters. The topological polar surface area (TPSA) is 87.8 Å². The number of primary amides is 1. The van der Waals surface area contributed by atoms with Crippen LogP contribution in [0.1, 0.15) is 46.0 Å². The van der Waals surface area contributed by atoms with Gasteiger partial charge in [-0.3, -0.25) is 14.6 Å². The van der Waals surface area contributed by atoms with Crippen molar-refractivity contribution in [2.75, 3.05) is 19.6 Å². The SMILES string of the molecule is CC(C)C1=NCCCN1C1CCC(C(=O)NCC(N)=O)CC1. The molecule has 1 heterocycles. The summed E-state index contributed by atoms with van der Waals surface area (Å²) >= 11 is 0. The van der Waals surface area contributed by atoms with E-state index in [1.165, 1.54) is 5.84 Å². The predicted octanol–water partition coefficient (Wildman–Crippen LogP) is 0.907. The van der Waals surface area contributed by atoms with Crippen LogP contribution in [0.4, 0.5) is 0 Å². The molecule has 6 nitrogen and oxygen atoms in total. The molecule has 0 spiro atoms. The van der Waals surface area contributed by atoms with Crippen molar-refractivity contribution in [2.45, 2.75) is 52.0 Å². The fourth-order valence-corrected chi connectivity index (χ4v) is 3.49. The molecule has 124 valence electrons. The standard InChI is InChI=1S/C16H28N4O2/c1-11(2)15-18-8-3-9-20(15)13-6-4-12(5-7-13)16(22)19-10-14(17)21/h11-13H,3-10H2,1-2H3,(H2,17,21)(H,19,22). The van der Waals surface area contributed by atoms with E-state index in [2.05, 4.69) is 24.1 Å². The first-order chi connectivity index (χ1) is 10.5. The lowest BCUT2D eigenvalue weighted by Gasteiger charge is -2.41. The molecule has 0 radical (unpaired) electrons. The molecule has 2 rings (SSSR count). The number of amides is 2. The third-order valence-corrected chi connectivity index (χ3v) is 4.59. The summed E-state index contributed by atoms with van der Waals surface area (Å²) in [7, 11) is 0. The lowest BCUT2D eigenvalue weighted by molar-refractivity contribution is -0.128. The smallest absolute Gasteiger partial charge is 0.236 e. The number of carbonyl (C=O) groups is 2. The Kier molecular flexibility index (Phi) is 5.80. The minimum atomic E-state index is -0.492. The van der Waals surface area contributed by atoms with Crippen LogP contribution in [0.15, 0.2) is 4.99 Å². The molecule has 2 amide bonds. The Morgan fingerprint density at radius 3 is 2.59 bits per heavy atom. The Balaban J connectivity index is 1.86. The second-order valence-corrected chi connectivity index (χ2v) is 6.63. The number of hydrogen-bond donors (Lipinski definition) is 2. The summed E-state index contributed by atoms with van der Waals surface area (Å²) in [5, 5.41) is 2.62. The summed E-state index contributed by atoms with van der Waals surface area (Å²) in [6.45, 7) is 6.35. The first-order valence-electron chi connectivity index (χ1n) is 8.36. The monoisotopic (exact) mass is 308 g/mol. The van der Waals surface area contributed by atoms with Crippen molar-refractivity contribution in [1.82, 2.24) is 10.2 Å². The minimum absolute atomic E-state index is 0.0137. The number of carbonyl (C=O) groups excluding carboxylic acids is 2. The van der Waals surface area contributed by atoms with Crippen LogP contribution in [0, 0.1) is 11.8 Å². The molecular weight excluding hydrogens is 280 g/mol. The van der Waals surface area contributed by atoms with Crippen LogP contribution >= 0.6 is 0 Å². The number of rotatable bonds is 5. The van der Waals surface area contributed by atoms with E-state index in [-0.39, 0.29) is 18.4 Å². The quantitative estimate of drug-likeness (QED) is 0.791. The van der Waals surface area contributed by atoms with E-state index in [9.17, 15) is 9.59 Å². The van der Waals surface area contributed by atoms with E-state index in [1.54, 1.807) is 0 Å². The third-order valence-electron chi connectivity index (χ3n) is 4.59. The first kappa shape index (κ1) is 16.8. The van der Waals surface area contributed by atoms with E-state index in [1.807, 2.05) is 0 Å². The lowest BCUT2D eigenvalue weighted by atomic mass is 9.84. The van der Waals surface area contributed by atoms with Crippen molar-refractivity contribution in [3.05, 3.63) is 0 Å². The highest BCUT2D eigenvalue weighted by molar-refractivity contribution is 5.86. The Hall–Kier alpha value is -1.59. The zero-order chi connectivity index (χ0) is 16.1. The number of amidine groups is 1. The van der Waals surface area contributed by atoms with E-state index >= 15 is 0 Å². The molecule has 2 aliphatic rings. The predicted molar refractivity (Wildman–Crippen MR) is 86.4 cm³/mol. The number of aliphatic imine (C=N–C) groups is 1. The zero-order valence-corrected chi connectivity index (χ0v) is 13.7. The Morgan fingerprint density at radius 2 is 2.00 bits per heavy atom. The second kappa shape index (κ2) is 7.61. The van der Waals surface area contributed by atoms with Crippen molar-refractivity contribution >= 4 is 17.6 Å². The van der Waals surface area contributed by atoms with Gasteiger partial charge in [0.25, 0.3) is 0 Å². The van der Waals surface area contributed by atoms with Crippen LogP contribution in [-0.4, -0.2) is 48.2 Å². The van der Waals surface area contributed by atoms with Crippen LogP contribution in [0.25, 0.3) is 0 Å². The molecule has 1 saturated carbocycles. The summed E-state index contributed by atoms with van der Waals surface area (Å²) < 4.78 is 0. The summed E-state index contributed by atoms with van der Waals surface area (Å²) in [6, 6.07) is 0.502. The highest BCUT2D eigenvalue weighted by Crippen LogP contribution is 2.29. The van der Waals surface area contributed by atoms with Gasteiger partial charge in [0.1, 0.15) is 5.84 Å². The zero-order valence-electron chi connectivity index (χ0n) is 13.7. The van der Waals surface area contributed by atoms with E-state index < -0.39 is 5.91 Å². The maximum absolute atomic E-state index is 12.0. The highest BCUT2D eigenvalue weighted by atomic mass is 16.2. The van der Waals surface area contributed by atoms with E-state index in [0.717, 1.165) is 45.2 Å². The van der Waals surface area contributed by atoms with Gasteiger partial charge in [0.05, 0.1) is 6.54 Å². The van der Waals surface area contributed by atoms with Crippen molar-refractivity contribution in [3.63, 3.8) is 0 Å². The molecule has 22 heavy (non-hydrogen) atoms. The largest absolute Gasteiger partial charge is 0.368 e. The summed E-state index contributed by atoms with van der Waals surface area (Å²) in [6.07, 6.45) is 4.89. The molecule has 0 unspecified atom stereocenters. The fraction of sp³-hybridized carbons (Fsp3) is 0.812. The van der Waals surface area contributed by atoms with Gasteiger partial charge in [-0.15, -0.1) is 0 Å². The molecular formula is C16H28N4O2. The number of nitrogens with two attached hydrogens (primary N) is 1. The first-order valence-corrected chi connectivity index (χ1v) is 8.36. The summed E-state index contributed by atoms with van der Waals surface area (Å²) in [5.74, 6) is 1.17.